The fourth-order valence-electron chi connectivity index (χ4n) is 2.23. The van der Waals surface area contributed by atoms with Crippen LogP contribution in [0.15, 0.2) is 10.6 Å². The summed E-state index contributed by atoms with van der Waals surface area (Å²) in [6.07, 6.45) is 9.28. The number of nitrogens with zero attached hydrogens (tertiary/aromatic N) is 1. The van der Waals surface area contributed by atoms with Crippen LogP contribution in [-0.2, 0) is 6.42 Å². The van der Waals surface area contributed by atoms with E-state index in [4.69, 9.17) is 16.1 Å². The molecule has 1 fully saturated rings. The highest BCUT2D eigenvalue weighted by Crippen LogP contribution is 2.27. The first-order chi connectivity index (χ1) is 6.84. The second-order valence-corrected chi connectivity index (χ2v) is 4.54. The zero-order valence-corrected chi connectivity index (χ0v) is 9.09. The first kappa shape index (κ1) is 10.0. The highest BCUT2D eigenvalue weighted by Gasteiger charge is 2.13. The maximum absolute atomic E-state index is 5.65. The summed E-state index contributed by atoms with van der Waals surface area (Å²) in [6, 6.07) is 1.82. The lowest BCUT2D eigenvalue weighted by molar-refractivity contribution is 0.334. The second kappa shape index (κ2) is 4.83. The summed E-state index contributed by atoms with van der Waals surface area (Å²) in [6.45, 7) is 0. The summed E-state index contributed by atoms with van der Waals surface area (Å²) in [5.74, 6) is 0.902. The maximum atomic E-state index is 5.65. The van der Waals surface area contributed by atoms with Gasteiger partial charge in [0.1, 0.15) is 0 Å². The Morgan fingerprint density at radius 1 is 1.36 bits per heavy atom. The molecular weight excluding hydrogens is 198 g/mol. The lowest BCUT2D eigenvalue weighted by Gasteiger charge is -2.20. The predicted octanol–water partition coefficient (Wildman–Crippen LogP) is 3.84. The normalized spacial score (nSPS) is 18.6. The number of aryl methyl sites for hydroxylation is 1. The molecule has 1 aliphatic rings. The quantitative estimate of drug-likeness (QED) is 0.763. The van der Waals surface area contributed by atoms with Crippen LogP contribution in [0.1, 0.15) is 44.2 Å². The predicted molar refractivity (Wildman–Crippen MR) is 56.4 cm³/mol. The van der Waals surface area contributed by atoms with Crippen molar-refractivity contribution in [1.29, 1.82) is 0 Å². The molecule has 0 aromatic carbocycles. The Kier molecular flexibility index (Phi) is 3.46. The van der Waals surface area contributed by atoms with Crippen molar-refractivity contribution in [2.24, 2.45) is 5.92 Å². The molecule has 78 valence electrons. The number of rotatable bonds is 3. The van der Waals surface area contributed by atoms with Gasteiger partial charge < -0.3 is 4.52 Å². The third kappa shape index (κ3) is 2.74. The molecule has 0 atom stereocenters. The van der Waals surface area contributed by atoms with Crippen molar-refractivity contribution in [3.8, 4) is 0 Å². The van der Waals surface area contributed by atoms with E-state index in [0.717, 1.165) is 18.0 Å². The largest absolute Gasteiger partial charge is 0.344 e. The van der Waals surface area contributed by atoms with Gasteiger partial charge in [-0.15, -0.1) is 0 Å². The van der Waals surface area contributed by atoms with Gasteiger partial charge >= 0.3 is 0 Å². The lowest BCUT2D eigenvalue weighted by atomic mass is 9.86. The summed E-state index contributed by atoms with van der Waals surface area (Å²) >= 11 is 5.65. The monoisotopic (exact) mass is 213 g/mol. The van der Waals surface area contributed by atoms with Crippen LogP contribution in [0.2, 0.25) is 5.22 Å². The molecule has 0 radical (unpaired) electrons. The molecule has 1 aliphatic carbocycles. The molecule has 0 bridgehead atoms. The molecule has 0 unspecified atom stereocenters. The van der Waals surface area contributed by atoms with Crippen molar-refractivity contribution >= 4 is 11.6 Å². The van der Waals surface area contributed by atoms with Gasteiger partial charge in [0.15, 0.2) is 0 Å². The van der Waals surface area contributed by atoms with Crippen molar-refractivity contribution in [2.75, 3.05) is 0 Å². The summed E-state index contributed by atoms with van der Waals surface area (Å²) in [4.78, 5) is 0. The van der Waals surface area contributed by atoms with E-state index in [1.165, 1.54) is 38.5 Å². The first-order valence-corrected chi connectivity index (χ1v) is 5.83. The van der Waals surface area contributed by atoms with Crippen LogP contribution in [0.5, 0.6) is 0 Å². The third-order valence-electron chi connectivity index (χ3n) is 3.06. The van der Waals surface area contributed by atoms with Crippen LogP contribution in [0.25, 0.3) is 0 Å². The highest BCUT2D eigenvalue weighted by atomic mass is 35.5. The van der Waals surface area contributed by atoms with Gasteiger partial charge in [0.05, 0.1) is 5.69 Å². The van der Waals surface area contributed by atoms with Crippen molar-refractivity contribution in [2.45, 2.75) is 44.9 Å². The van der Waals surface area contributed by atoms with E-state index >= 15 is 0 Å². The Bertz CT molecular complexity index is 279. The van der Waals surface area contributed by atoms with Gasteiger partial charge in [-0.2, -0.15) is 0 Å². The van der Waals surface area contributed by atoms with Crippen LogP contribution in [0.4, 0.5) is 0 Å². The molecular formula is C11H16ClNO. The van der Waals surface area contributed by atoms with E-state index in [2.05, 4.69) is 5.16 Å². The average molecular weight is 214 g/mol. The van der Waals surface area contributed by atoms with Gasteiger partial charge in [0.2, 0.25) is 5.22 Å². The van der Waals surface area contributed by atoms with Gasteiger partial charge in [-0.3, -0.25) is 0 Å². The van der Waals surface area contributed by atoms with Crippen LogP contribution in [0.3, 0.4) is 0 Å². The molecule has 3 heteroatoms. The number of aromatic nitrogens is 1. The van der Waals surface area contributed by atoms with E-state index in [1.54, 1.807) is 0 Å². The van der Waals surface area contributed by atoms with Gasteiger partial charge in [0, 0.05) is 6.07 Å². The zero-order chi connectivity index (χ0) is 9.80. The maximum Gasteiger partial charge on any atom is 0.226 e. The number of hydrogen-bond acceptors (Lipinski definition) is 2. The van der Waals surface area contributed by atoms with Crippen LogP contribution in [0, 0.1) is 5.92 Å². The smallest absolute Gasteiger partial charge is 0.226 e. The molecule has 0 N–H and O–H groups in total. The van der Waals surface area contributed by atoms with Crippen molar-refractivity contribution in [3.63, 3.8) is 0 Å². The topological polar surface area (TPSA) is 26.0 Å². The van der Waals surface area contributed by atoms with Gasteiger partial charge in [-0.05, 0) is 30.4 Å². The van der Waals surface area contributed by atoms with Crippen molar-refractivity contribution in [3.05, 3.63) is 17.0 Å². The Balaban J connectivity index is 1.76. The zero-order valence-electron chi connectivity index (χ0n) is 8.34. The summed E-state index contributed by atoms with van der Waals surface area (Å²) in [5.41, 5.74) is 1.00. The molecule has 14 heavy (non-hydrogen) atoms. The Morgan fingerprint density at radius 3 is 2.79 bits per heavy atom. The SMILES string of the molecule is Clc1cc(CCC2CCCCC2)no1. The molecule has 2 nitrogen and oxygen atoms in total. The lowest BCUT2D eigenvalue weighted by Crippen LogP contribution is -2.07. The summed E-state index contributed by atoms with van der Waals surface area (Å²) in [7, 11) is 0. The minimum atomic E-state index is 0.406. The minimum absolute atomic E-state index is 0.406. The van der Waals surface area contributed by atoms with Gasteiger partial charge in [0.25, 0.3) is 0 Å². The fraction of sp³-hybridized carbons (Fsp3) is 0.727. The van der Waals surface area contributed by atoms with Crippen molar-refractivity contribution in [1.82, 2.24) is 5.16 Å². The van der Waals surface area contributed by atoms with E-state index in [0.29, 0.717) is 5.22 Å². The second-order valence-electron chi connectivity index (χ2n) is 4.17. The molecule has 1 saturated carbocycles. The first-order valence-electron chi connectivity index (χ1n) is 5.45. The van der Waals surface area contributed by atoms with Gasteiger partial charge in [-0.25, -0.2) is 0 Å². The number of halogens is 1. The average Bonchev–Trinajstić information content (AvgIpc) is 2.63. The van der Waals surface area contributed by atoms with Crippen molar-refractivity contribution < 1.29 is 4.52 Å². The fourth-order valence-corrected chi connectivity index (χ4v) is 2.39. The standard InChI is InChI=1S/C11H16ClNO/c12-11-8-10(13-14-11)7-6-9-4-2-1-3-5-9/h8-9H,1-7H2. The molecule has 0 aliphatic heterocycles. The van der Waals surface area contributed by atoms with E-state index in [1.807, 2.05) is 6.07 Å². The van der Waals surface area contributed by atoms with Crippen LogP contribution < -0.4 is 0 Å². The summed E-state index contributed by atoms with van der Waals surface area (Å²) in [5, 5.41) is 4.30. The van der Waals surface area contributed by atoms with Crippen LogP contribution >= 0.6 is 11.6 Å². The molecule has 0 spiro atoms. The minimum Gasteiger partial charge on any atom is -0.344 e. The molecule has 1 heterocycles. The van der Waals surface area contributed by atoms with Gasteiger partial charge in [-0.1, -0.05) is 37.3 Å². The molecule has 2 rings (SSSR count). The van der Waals surface area contributed by atoms with E-state index in [9.17, 15) is 0 Å². The number of hydrogen-bond donors (Lipinski definition) is 0. The Hall–Kier alpha value is -0.500. The van der Waals surface area contributed by atoms with Crippen LogP contribution in [-0.4, -0.2) is 5.16 Å². The molecule has 0 amide bonds. The van der Waals surface area contributed by atoms with E-state index in [-0.39, 0.29) is 0 Å². The Labute approximate surface area is 89.6 Å². The Morgan fingerprint density at radius 2 is 2.14 bits per heavy atom. The molecule has 1 aromatic rings. The summed E-state index contributed by atoms with van der Waals surface area (Å²) < 4.78 is 4.82. The molecule has 0 saturated heterocycles. The molecule has 1 aromatic heterocycles. The third-order valence-corrected chi connectivity index (χ3v) is 3.24. The highest BCUT2D eigenvalue weighted by molar-refractivity contribution is 6.28. The van der Waals surface area contributed by atoms with E-state index < -0.39 is 0 Å².